The molecule has 0 aliphatic carbocycles. The first kappa shape index (κ1) is 14.7. The molecule has 21 heavy (non-hydrogen) atoms. The van der Waals surface area contributed by atoms with Crippen LogP contribution in [0.2, 0.25) is 0 Å². The smallest absolute Gasteiger partial charge is 0.297 e. The number of H-pyrrole nitrogens is 1. The minimum atomic E-state index is -0.306. The number of nitrogens with one attached hydrogen (secondary N) is 1. The van der Waals surface area contributed by atoms with Crippen molar-refractivity contribution >= 4 is 11.6 Å². The lowest BCUT2D eigenvalue weighted by Gasteiger charge is -2.20. The number of para-hydroxylation sites is 1. The van der Waals surface area contributed by atoms with Gasteiger partial charge < -0.3 is 4.90 Å². The van der Waals surface area contributed by atoms with Gasteiger partial charge in [-0.2, -0.15) is 5.26 Å². The maximum Gasteiger partial charge on any atom is 0.297 e. The Kier molecular flexibility index (Phi) is 4.67. The molecule has 0 saturated carbocycles. The maximum absolute atomic E-state index is 12.6. The fourth-order valence-corrected chi connectivity index (χ4v) is 1.87. The Hall–Kier alpha value is -2.68. The van der Waals surface area contributed by atoms with Gasteiger partial charge in [0.25, 0.3) is 5.91 Å². The third kappa shape index (κ3) is 3.45. The number of aromatic amines is 1. The van der Waals surface area contributed by atoms with Crippen molar-refractivity contribution in [3.63, 3.8) is 0 Å². The number of carbonyl (C=O) groups is 1. The lowest BCUT2D eigenvalue weighted by Crippen LogP contribution is -2.32. The summed E-state index contributed by atoms with van der Waals surface area (Å²) in [6, 6.07) is 11.3. The highest BCUT2D eigenvalue weighted by molar-refractivity contribution is 6.03. The van der Waals surface area contributed by atoms with E-state index in [4.69, 9.17) is 5.26 Å². The lowest BCUT2D eigenvalue weighted by molar-refractivity contribution is 0.0978. The van der Waals surface area contributed by atoms with E-state index in [1.54, 1.807) is 0 Å². The van der Waals surface area contributed by atoms with Crippen molar-refractivity contribution in [1.29, 1.82) is 5.26 Å². The minimum absolute atomic E-state index is 0.125. The van der Waals surface area contributed by atoms with E-state index < -0.39 is 0 Å². The van der Waals surface area contributed by atoms with E-state index in [1.807, 2.05) is 44.2 Å². The highest BCUT2D eigenvalue weighted by Crippen LogP contribution is 2.17. The molecule has 1 heterocycles. The van der Waals surface area contributed by atoms with Gasteiger partial charge >= 0.3 is 0 Å². The highest BCUT2D eigenvalue weighted by Gasteiger charge is 2.22. The van der Waals surface area contributed by atoms with Gasteiger partial charge in [0.1, 0.15) is 5.82 Å². The van der Waals surface area contributed by atoms with E-state index in [-0.39, 0.29) is 24.1 Å². The summed E-state index contributed by atoms with van der Waals surface area (Å²) in [6.07, 6.45) is 0.252. The van der Waals surface area contributed by atoms with Gasteiger partial charge in [0.15, 0.2) is 0 Å². The number of hydrogen-bond donors (Lipinski definition) is 1. The molecule has 2 rings (SSSR count). The van der Waals surface area contributed by atoms with Gasteiger partial charge in [-0.3, -0.25) is 9.89 Å². The van der Waals surface area contributed by atoms with Crippen LogP contribution in [0, 0.1) is 11.3 Å². The second-order valence-corrected chi connectivity index (χ2v) is 4.90. The summed E-state index contributed by atoms with van der Waals surface area (Å²) in [6.45, 7) is 4.25. The first-order valence-corrected chi connectivity index (χ1v) is 6.79. The van der Waals surface area contributed by atoms with Crippen LogP contribution in [0.25, 0.3) is 0 Å². The molecule has 0 aliphatic heterocycles. The Balaban J connectivity index is 2.27. The molecule has 0 unspecified atom stereocenters. The van der Waals surface area contributed by atoms with Crippen LogP contribution in [0.3, 0.4) is 0 Å². The molecule has 0 radical (unpaired) electrons. The predicted molar refractivity (Wildman–Crippen MR) is 78.8 cm³/mol. The monoisotopic (exact) mass is 283 g/mol. The Labute approximate surface area is 123 Å². The summed E-state index contributed by atoms with van der Waals surface area (Å²) in [5, 5.41) is 15.5. The van der Waals surface area contributed by atoms with Gasteiger partial charge in [-0.1, -0.05) is 32.0 Å². The first-order valence-electron chi connectivity index (χ1n) is 6.79. The first-order chi connectivity index (χ1) is 10.1. The molecule has 0 atom stereocenters. The second-order valence-electron chi connectivity index (χ2n) is 4.90. The number of nitrogens with zero attached hydrogens (tertiary/aromatic N) is 4. The average molecular weight is 283 g/mol. The molecule has 1 N–H and O–H groups in total. The summed E-state index contributed by atoms with van der Waals surface area (Å²) in [5.41, 5.74) is 0.730. The molecule has 2 aromatic rings. The number of benzene rings is 1. The van der Waals surface area contributed by atoms with Gasteiger partial charge in [0, 0.05) is 18.2 Å². The summed E-state index contributed by atoms with van der Waals surface area (Å²) < 4.78 is 0. The largest absolute Gasteiger partial charge is 0.305 e. The molecule has 108 valence electrons. The van der Waals surface area contributed by atoms with Crippen molar-refractivity contribution in [2.45, 2.75) is 26.2 Å². The molecule has 0 fully saturated rings. The SMILES string of the molecule is CC(C)c1nc(C(=O)N(CCC#N)c2ccccc2)n[nH]1. The third-order valence-corrected chi connectivity index (χ3v) is 3.00. The van der Waals surface area contributed by atoms with Crippen molar-refractivity contribution < 1.29 is 4.79 Å². The van der Waals surface area contributed by atoms with Crippen LogP contribution in [0.15, 0.2) is 30.3 Å². The van der Waals surface area contributed by atoms with Crippen molar-refractivity contribution in [3.8, 4) is 6.07 Å². The van der Waals surface area contributed by atoms with Crippen LogP contribution < -0.4 is 4.90 Å². The minimum Gasteiger partial charge on any atom is -0.305 e. The Morgan fingerprint density at radius 3 is 2.67 bits per heavy atom. The Bertz CT molecular complexity index is 642. The molecule has 0 bridgehead atoms. The highest BCUT2D eigenvalue weighted by atomic mass is 16.2. The molecule has 1 aromatic carbocycles. The molecular weight excluding hydrogens is 266 g/mol. The molecule has 0 saturated heterocycles. The second kappa shape index (κ2) is 6.66. The number of amides is 1. The van der Waals surface area contributed by atoms with Crippen molar-refractivity contribution in [1.82, 2.24) is 15.2 Å². The number of hydrogen-bond acceptors (Lipinski definition) is 4. The molecule has 0 aliphatic rings. The molecule has 6 heteroatoms. The third-order valence-electron chi connectivity index (χ3n) is 3.00. The maximum atomic E-state index is 12.6. The van der Waals surface area contributed by atoms with Crippen LogP contribution in [0.1, 0.15) is 42.6 Å². The normalized spacial score (nSPS) is 10.4. The van der Waals surface area contributed by atoms with Gasteiger partial charge in [0.05, 0.1) is 12.5 Å². The van der Waals surface area contributed by atoms with Crippen molar-refractivity contribution in [2.75, 3.05) is 11.4 Å². The molecular formula is C15H17N5O. The molecule has 1 amide bonds. The van der Waals surface area contributed by atoms with Crippen LogP contribution in [-0.2, 0) is 0 Å². The van der Waals surface area contributed by atoms with Gasteiger partial charge in [-0.05, 0) is 12.1 Å². The van der Waals surface area contributed by atoms with E-state index in [0.29, 0.717) is 12.4 Å². The lowest BCUT2D eigenvalue weighted by atomic mass is 10.2. The zero-order valence-electron chi connectivity index (χ0n) is 12.1. The van der Waals surface area contributed by atoms with Gasteiger partial charge in [-0.15, -0.1) is 5.10 Å². The number of nitriles is 1. The summed E-state index contributed by atoms with van der Waals surface area (Å²) in [5.74, 6) is 0.662. The summed E-state index contributed by atoms with van der Waals surface area (Å²) in [4.78, 5) is 18.3. The number of carbonyl (C=O) groups excluding carboxylic acids is 1. The van der Waals surface area contributed by atoms with Gasteiger partial charge in [0.2, 0.25) is 5.82 Å². The van der Waals surface area contributed by atoms with E-state index in [1.165, 1.54) is 4.90 Å². The van der Waals surface area contributed by atoms with Gasteiger partial charge in [-0.25, -0.2) is 4.98 Å². The molecule has 0 spiro atoms. The van der Waals surface area contributed by atoms with E-state index in [9.17, 15) is 4.79 Å². The fraction of sp³-hybridized carbons (Fsp3) is 0.333. The quantitative estimate of drug-likeness (QED) is 0.913. The average Bonchev–Trinajstić information content (AvgIpc) is 2.98. The van der Waals surface area contributed by atoms with Crippen LogP contribution >= 0.6 is 0 Å². The Morgan fingerprint density at radius 1 is 1.38 bits per heavy atom. The predicted octanol–water partition coefficient (Wildman–Crippen LogP) is 2.49. The van der Waals surface area contributed by atoms with Crippen molar-refractivity contribution in [3.05, 3.63) is 42.0 Å². The van der Waals surface area contributed by atoms with Crippen LogP contribution in [0.4, 0.5) is 5.69 Å². The number of anilines is 1. The van der Waals surface area contributed by atoms with E-state index >= 15 is 0 Å². The van der Waals surface area contributed by atoms with Crippen LogP contribution in [0.5, 0.6) is 0 Å². The summed E-state index contributed by atoms with van der Waals surface area (Å²) >= 11 is 0. The zero-order valence-corrected chi connectivity index (χ0v) is 12.1. The fourth-order valence-electron chi connectivity index (χ4n) is 1.87. The van der Waals surface area contributed by atoms with E-state index in [0.717, 1.165) is 5.69 Å². The van der Waals surface area contributed by atoms with Crippen molar-refractivity contribution in [2.24, 2.45) is 0 Å². The van der Waals surface area contributed by atoms with E-state index in [2.05, 4.69) is 21.3 Å². The Morgan fingerprint density at radius 2 is 2.10 bits per heavy atom. The van der Waals surface area contributed by atoms with Crippen LogP contribution in [-0.4, -0.2) is 27.6 Å². The molecule has 6 nitrogen and oxygen atoms in total. The number of rotatable bonds is 5. The molecule has 1 aromatic heterocycles. The topological polar surface area (TPSA) is 85.7 Å². The zero-order chi connectivity index (χ0) is 15.2. The number of aromatic nitrogens is 3. The standard InChI is InChI=1S/C15H17N5O/c1-11(2)13-17-14(19-18-13)15(21)20(10-6-9-16)12-7-4-3-5-8-12/h3-5,7-8,11H,6,10H2,1-2H3,(H,17,18,19). The summed E-state index contributed by atoms with van der Waals surface area (Å²) in [7, 11) is 0.